The maximum Gasteiger partial charge on any atom is 0.323 e. The molecule has 2 aliphatic rings. The lowest BCUT2D eigenvalue weighted by atomic mass is 9.76. The van der Waals surface area contributed by atoms with Crippen molar-refractivity contribution in [1.29, 1.82) is 0 Å². The molecule has 0 radical (unpaired) electrons. The molecule has 1 aliphatic carbocycles. The Morgan fingerprint density at radius 3 is 1.76 bits per heavy atom. The van der Waals surface area contributed by atoms with Crippen LogP contribution in [-0.2, 0) is 37.0 Å². The van der Waals surface area contributed by atoms with Gasteiger partial charge in [-0.3, -0.25) is 9.59 Å². The van der Waals surface area contributed by atoms with Gasteiger partial charge in [0.25, 0.3) is 0 Å². The van der Waals surface area contributed by atoms with E-state index in [-0.39, 0.29) is 13.2 Å². The molecule has 5 rings (SSSR count). The molecule has 3 aromatic rings. The van der Waals surface area contributed by atoms with Crippen LogP contribution in [0.1, 0.15) is 55.2 Å². The predicted octanol–water partition coefficient (Wildman–Crippen LogP) is 6.66. The maximum atomic E-state index is 13.6. The Morgan fingerprint density at radius 1 is 0.737 bits per heavy atom. The fourth-order valence-electron chi connectivity index (χ4n) is 5.48. The number of hydrogen-bond acceptors (Lipinski definition) is 5. The first-order valence-corrected chi connectivity index (χ1v) is 13.5. The SMILES string of the molecule is O=C(OCc1ccccc1)C(C(=O)OCc1ccccc1)C1C=C(c2ccccc2)CC2(CCCCC2)O1. The first-order chi connectivity index (χ1) is 18.6. The zero-order valence-electron chi connectivity index (χ0n) is 21.6. The normalized spacial score (nSPS) is 18.6. The highest BCUT2D eigenvalue weighted by Crippen LogP contribution is 2.44. The molecule has 1 spiro atoms. The van der Waals surface area contributed by atoms with Crippen molar-refractivity contribution >= 4 is 17.5 Å². The van der Waals surface area contributed by atoms with Crippen LogP contribution in [0.2, 0.25) is 0 Å². The Kier molecular flexibility index (Phi) is 8.34. The summed E-state index contributed by atoms with van der Waals surface area (Å²) in [6.45, 7) is 0.157. The average Bonchev–Trinajstić information content (AvgIpc) is 2.97. The quantitative estimate of drug-likeness (QED) is 0.250. The van der Waals surface area contributed by atoms with Crippen LogP contribution in [0.3, 0.4) is 0 Å². The standard InChI is InChI=1S/C33H34O5/c34-31(36-23-25-13-5-1-6-14-25)30(32(35)37-24-26-15-7-2-8-16-26)29-21-28(27-17-9-3-10-18-27)22-33(38-29)19-11-4-12-20-33/h1-3,5-10,13-18,21,29-30H,4,11-12,19-20,22-24H2. The molecule has 1 saturated carbocycles. The minimum absolute atomic E-state index is 0.0786. The molecule has 0 bridgehead atoms. The lowest BCUT2D eigenvalue weighted by molar-refractivity contribution is -0.179. The molecule has 1 unspecified atom stereocenters. The van der Waals surface area contributed by atoms with Crippen molar-refractivity contribution in [2.75, 3.05) is 0 Å². The van der Waals surface area contributed by atoms with Crippen molar-refractivity contribution in [2.24, 2.45) is 5.92 Å². The highest BCUT2D eigenvalue weighted by molar-refractivity contribution is 5.96. The second-order valence-electron chi connectivity index (χ2n) is 10.2. The maximum absolute atomic E-state index is 13.6. The molecule has 5 nitrogen and oxygen atoms in total. The Balaban J connectivity index is 1.44. The van der Waals surface area contributed by atoms with E-state index in [0.717, 1.165) is 54.4 Å². The van der Waals surface area contributed by atoms with Gasteiger partial charge in [0.2, 0.25) is 0 Å². The number of carbonyl (C=O) groups excluding carboxylic acids is 2. The monoisotopic (exact) mass is 510 g/mol. The third-order valence-corrected chi connectivity index (χ3v) is 7.46. The van der Waals surface area contributed by atoms with Crippen LogP contribution in [0.5, 0.6) is 0 Å². The van der Waals surface area contributed by atoms with Gasteiger partial charge in [0, 0.05) is 6.42 Å². The van der Waals surface area contributed by atoms with Gasteiger partial charge in [-0.1, -0.05) is 116 Å². The summed E-state index contributed by atoms with van der Waals surface area (Å²) in [5, 5.41) is 0. The molecular weight excluding hydrogens is 476 g/mol. The van der Waals surface area contributed by atoms with Gasteiger partial charge in [-0.05, 0) is 35.1 Å². The summed E-state index contributed by atoms with van der Waals surface area (Å²) in [6.07, 6.45) is 7.03. The van der Waals surface area contributed by atoms with Gasteiger partial charge in [0.1, 0.15) is 19.3 Å². The van der Waals surface area contributed by atoms with Crippen LogP contribution in [0.4, 0.5) is 0 Å². The van der Waals surface area contributed by atoms with E-state index >= 15 is 0 Å². The highest BCUT2D eigenvalue weighted by Gasteiger charge is 2.46. The number of hydrogen-bond donors (Lipinski definition) is 0. The minimum Gasteiger partial charge on any atom is -0.460 e. The topological polar surface area (TPSA) is 61.8 Å². The average molecular weight is 511 g/mol. The molecule has 196 valence electrons. The zero-order valence-corrected chi connectivity index (χ0v) is 21.6. The van der Waals surface area contributed by atoms with Gasteiger partial charge < -0.3 is 14.2 Å². The van der Waals surface area contributed by atoms with Crippen LogP contribution >= 0.6 is 0 Å². The van der Waals surface area contributed by atoms with Crippen molar-refractivity contribution < 1.29 is 23.8 Å². The molecule has 3 aromatic carbocycles. The van der Waals surface area contributed by atoms with E-state index in [9.17, 15) is 9.59 Å². The molecule has 0 N–H and O–H groups in total. The summed E-state index contributed by atoms with van der Waals surface area (Å²) >= 11 is 0. The fraction of sp³-hybridized carbons (Fsp3) is 0.333. The summed E-state index contributed by atoms with van der Waals surface area (Å²) in [7, 11) is 0. The molecule has 1 aliphatic heterocycles. The lowest BCUT2D eigenvalue weighted by Crippen LogP contribution is -2.48. The molecule has 1 atom stereocenters. The van der Waals surface area contributed by atoms with Crippen molar-refractivity contribution in [1.82, 2.24) is 0 Å². The van der Waals surface area contributed by atoms with E-state index in [2.05, 4.69) is 12.1 Å². The summed E-state index contributed by atoms with van der Waals surface area (Å²) in [4.78, 5) is 27.1. The Morgan fingerprint density at radius 2 is 1.24 bits per heavy atom. The molecule has 0 aromatic heterocycles. The fourth-order valence-corrected chi connectivity index (χ4v) is 5.48. The van der Waals surface area contributed by atoms with Crippen LogP contribution in [0, 0.1) is 5.92 Å². The first-order valence-electron chi connectivity index (χ1n) is 13.5. The van der Waals surface area contributed by atoms with Crippen molar-refractivity contribution in [3.63, 3.8) is 0 Å². The van der Waals surface area contributed by atoms with Gasteiger partial charge >= 0.3 is 11.9 Å². The Labute approximate surface area is 224 Å². The van der Waals surface area contributed by atoms with Crippen molar-refractivity contribution in [2.45, 2.75) is 63.4 Å². The molecule has 0 saturated heterocycles. The molecule has 5 heteroatoms. The largest absolute Gasteiger partial charge is 0.460 e. The summed E-state index contributed by atoms with van der Waals surface area (Å²) in [6, 6.07) is 29.1. The second kappa shape index (κ2) is 12.2. The predicted molar refractivity (Wildman–Crippen MR) is 146 cm³/mol. The number of ether oxygens (including phenoxy) is 3. The lowest BCUT2D eigenvalue weighted by Gasteiger charge is -2.44. The summed E-state index contributed by atoms with van der Waals surface area (Å²) in [5.41, 5.74) is 3.48. The van der Waals surface area contributed by atoms with Crippen molar-refractivity contribution in [3.8, 4) is 0 Å². The first kappa shape index (κ1) is 25.9. The van der Waals surface area contributed by atoms with Gasteiger partial charge in [0.05, 0.1) is 5.60 Å². The molecule has 0 amide bonds. The number of esters is 2. The Hall–Kier alpha value is -3.70. The number of rotatable bonds is 8. The van der Waals surface area contributed by atoms with Crippen molar-refractivity contribution in [3.05, 3.63) is 114 Å². The Bertz CT molecular complexity index is 1170. The van der Waals surface area contributed by atoms with E-state index in [1.165, 1.54) is 6.42 Å². The van der Waals surface area contributed by atoms with Crippen LogP contribution < -0.4 is 0 Å². The van der Waals surface area contributed by atoms with Crippen LogP contribution in [0.15, 0.2) is 97.1 Å². The second-order valence-corrected chi connectivity index (χ2v) is 10.2. The summed E-state index contributed by atoms with van der Waals surface area (Å²) in [5.74, 6) is -2.48. The van der Waals surface area contributed by atoms with E-state index in [0.29, 0.717) is 0 Å². The van der Waals surface area contributed by atoms with Gasteiger partial charge in [-0.2, -0.15) is 0 Å². The third-order valence-electron chi connectivity index (χ3n) is 7.46. The zero-order chi connectivity index (χ0) is 26.2. The van der Waals surface area contributed by atoms with Crippen LogP contribution in [0.25, 0.3) is 5.57 Å². The number of benzene rings is 3. The molecule has 1 heterocycles. The van der Waals surface area contributed by atoms with Crippen LogP contribution in [-0.4, -0.2) is 23.6 Å². The third kappa shape index (κ3) is 6.40. The summed E-state index contributed by atoms with van der Waals surface area (Å²) < 4.78 is 18.1. The molecular formula is C33H34O5. The molecule has 38 heavy (non-hydrogen) atoms. The van der Waals surface area contributed by atoms with E-state index < -0.39 is 29.6 Å². The highest BCUT2D eigenvalue weighted by atomic mass is 16.6. The van der Waals surface area contributed by atoms with Gasteiger partial charge in [0.15, 0.2) is 5.92 Å². The molecule has 1 fully saturated rings. The van der Waals surface area contributed by atoms with E-state index in [1.54, 1.807) is 0 Å². The number of carbonyl (C=O) groups is 2. The van der Waals surface area contributed by atoms with E-state index in [1.807, 2.05) is 84.9 Å². The van der Waals surface area contributed by atoms with Gasteiger partial charge in [-0.25, -0.2) is 0 Å². The smallest absolute Gasteiger partial charge is 0.323 e. The van der Waals surface area contributed by atoms with E-state index in [4.69, 9.17) is 14.2 Å². The van der Waals surface area contributed by atoms with Gasteiger partial charge in [-0.15, -0.1) is 0 Å². The minimum atomic E-state index is -1.22.